The van der Waals surface area contributed by atoms with Crippen LogP contribution in [0.1, 0.15) is 22.2 Å². The van der Waals surface area contributed by atoms with Crippen molar-refractivity contribution in [1.29, 1.82) is 0 Å². The van der Waals surface area contributed by atoms with Gasteiger partial charge in [0.1, 0.15) is 5.69 Å². The van der Waals surface area contributed by atoms with Crippen molar-refractivity contribution in [2.24, 2.45) is 0 Å². The van der Waals surface area contributed by atoms with Gasteiger partial charge in [-0.3, -0.25) is 14.8 Å². The average Bonchev–Trinajstić information content (AvgIpc) is 3.11. The van der Waals surface area contributed by atoms with Crippen molar-refractivity contribution >= 4 is 16.8 Å². The van der Waals surface area contributed by atoms with Gasteiger partial charge in [-0.25, -0.2) is 4.98 Å². The van der Waals surface area contributed by atoms with E-state index in [1.54, 1.807) is 43.8 Å². The molecule has 0 fully saturated rings. The summed E-state index contributed by atoms with van der Waals surface area (Å²) in [5.41, 5.74) is 2.79. The molecule has 0 aliphatic rings. The molecule has 0 saturated heterocycles. The van der Waals surface area contributed by atoms with Crippen LogP contribution in [0, 0.1) is 6.92 Å². The molecule has 8 heteroatoms. The molecule has 4 aromatic rings. The Morgan fingerprint density at radius 2 is 1.92 bits per heavy atom. The number of aryl methyl sites for hydroxylation is 1. The minimum atomic E-state index is -0.318. The maximum atomic E-state index is 12.6. The highest BCUT2D eigenvalue weighted by molar-refractivity contribution is 6.00. The van der Waals surface area contributed by atoms with Gasteiger partial charge in [0.2, 0.25) is 5.89 Å². The third-order valence-corrected chi connectivity index (χ3v) is 3.81. The van der Waals surface area contributed by atoms with Crippen molar-refractivity contribution in [1.82, 2.24) is 30.4 Å². The van der Waals surface area contributed by atoms with Crippen LogP contribution in [0.15, 0.2) is 53.6 Å². The van der Waals surface area contributed by atoms with Crippen LogP contribution in [0.5, 0.6) is 0 Å². The van der Waals surface area contributed by atoms with E-state index >= 15 is 0 Å². The molecule has 4 rings (SSSR count). The van der Waals surface area contributed by atoms with Gasteiger partial charge in [-0.05, 0) is 35.4 Å². The van der Waals surface area contributed by atoms with E-state index in [9.17, 15) is 4.79 Å². The maximum absolute atomic E-state index is 12.6. The fourth-order valence-corrected chi connectivity index (χ4v) is 2.62. The van der Waals surface area contributed by atoms with E-state index in [0.29, 0.717) is 22.9 Å². The van der Waals surface area contributed by atoms with Crippen LogP contribution in [0.4, 0.5) is 0 Å². The predicted molar refractivity (Wildman–Crippen MR) is 93.0 cm³/mol. The van der Waals surface area contributed by atoms with E-state index < -0.39 is 0 Å². The van der Waals surface area contributed by atoms with Crippen LogP contribution in [0.2, 0.25) is 0 Å². The van der Waals surface area contributed by atoms with Crippen LogP contribution >= 0.6 is 0 Å². The van der Waals surface area contributed by atoms with E-state index in [-0.39, 0.29) is 12.5 Å². The molecule has 0 spiro atoms. The summed E-state index contributed by atoms with van der Waals surface area (Å²) < 4.78 is 4.90. The highest BCUT2D eigenvalue weighted by Gasteiger charge is 2.14. The smallest absolute Gasteiger partial charge is 0.270 e. The van der Waals surface area contributed by atoms with Crippen molar-refractivity contribution in [2.75, 3.05) is 0 Å². The summed E-state index contributed by atoms with van der Waals surface area (Å²) in [5, 5.41) is 7.38. The Morgan fingerprint density at radius 3 is 2.69 bits per heavy atom. The molecular formula is C18H14N6O2. The Bertz CT molecular complexity index is 1080. The van der Waals surface area contributed by atoms with E-state index in [1.165, 1.54) is 0 Å². The first kappa shape index (κ1) is 15.8. The molecule has 128 valence electrons. The second-order valence-electron chi connectivity index (χ2n) is 5.60. The molecular weight excluding hydrogens is 332 g/mol. The van der Waals surface area contributed by atoms with Crippen molar-refractivity contribution in [3.05, 3.63) is 66.5 Å². The zero-order valence-electron chi connectivity index (χ0n) is 13.9. The maximum Gasteiger partial charge on any atom is 0.270 e. The summed E-state index contributed by atoms with van der Waals surface area (Å²) in [7, 11) is 0. The third-order valence-electron chi connectivity index (χ3n) is 3.81. The Labute approximate surface area is 148 Å². The standard InChI is InChI=1S/C18H14N6O2/c1-11-22-17(24-26-11)10-21-18(25)16-8-13(12-2-5-19-6-3-12)14-9-20-7-4-15(14)23-16/h2-9H,10H2,1H3,(H,21,25). The van der Waals surface area contributed by atoms with Gasteiger partial charge in [0, 0.05) is 37.1 Å². The van der Waals surface area contributed by atoms with Gasteiger partial charge in [0.05, 0.1) is 12.1 Å². The number of amides is 1. The highest BCUT2D eigenvalue weighted by atomic mass is 16.5. The monoisotopic (exact) mass is 346 g/mol. The molecule has 1 N–H and O–H groups in total. The second-order valence-corrected chi connectivity index (χ2v) is 5.60. The number of nitrogens with one attached hydrogen (secondary N) is 1. The molecule has 0 saturated carbocycles. The lowest BCUT2D eigenvalue weighted by Crippen LogP contribution is -2.24. The molecule has 0 radical (unpaired) electrons. The number of pyridine rings is 3. The number of fused-ring (bicyclic) bond motifs is 1. The Kier molecular flexibility index (Phi) is 4.06. The molecule has 0 bridgehead atoms. The van der Waals surface area contributed by atoms with Gasteiger partial charge in [-0.15, -0.1) is 0 Å². The first-order valence-corrected chi connectivity index (χ1v) is 7.93. The van der Waals surface area contributed by atoms with Gasteiger partial charge in [0.15, 0.2) is 5.82 Å². The number of hydrogen-bond donors (Lipinski definition) is 1. The third kappa shape index (κ3) is 3.12. The van der Waals surface area contributed by atoms with E-state index in [2.05, 4.69) is 30.4 Å². The van der Waals surface area contributed by atoms with Gasteiger partial charge >= 0.3 is 0 Å². The molecule has 0 aliphatic carbocycles. The molecule has 0 aliphatic heterocycles. The molecule has 0 unspecified atom stereocenters. The second kappa shape index (κ2) is 6.67. The summed E-state index contributed by atoms with van der Waals surface area (Å²) in [5.74, 6) is 0.544. The van der Waals surface area contributed by atoms with Crippen molar-refractivity contribution in [3.8, 4) is 11.1 Å². The van der Waals surface area contributed by atoms with Crippen LogP contribution < -0.4 is 5.32 Å². The van der Waals surface area contributed by atoms with Gasteiger partial charge in [-0.1, -0.05) is 5.16 Å². The topological polar surface area (TPSA) is 107 Å². The number of rotatable bonds is 4. The Hall–Kier alpha value is -3.68. The number of nitrogens with zero attached hydrogens (tertiary/aromatic N) is 5. The Morgan fingerprint density at radius 1 is 1.12 bits per heavy atom. The van der Waals surface area contributed by atoms with Gasteiger partial charge < -0.3 is 9.84 Å². The summed E-state index contributed by atoms with van der Waals surface area (Å²) in [6.45, 7) is 1.86. The van der Waals surface area contributed by atoms with Crippen LogP contribution in [-0.2, 0) is 6.54 Å². The normalized spacial score (nSPS) is 10.8. The number of aromatic nitrogens is 5. The zero-order valence-corrected chi connectivity index (χ0v) is 13.9. The van der Waals surface area contributed by atoms with E-state index in [1.807, 2.05) is 12.1 Å². The lowest BCUT2D eigenvalue weighted by Gasteiger charge is -2.09. The molecule has 26 heavy (non-hydrogen) atoms. The summed E-state index contributed by atoms with van der Waals surface area (Å²) >= 11 is 0. The first-order chi connectivity index (χ1) is 12.7. The molecule has 8 nitrogen and oxygen atoms in total. The van der Waals surface area contributed by atoms with E-state index in [4.69, 9.17) is 4.52 Å². The molecule has 0 aromatic carbocycles. The average molecular weight is 346 g/mol. The Balaban J connectivity index is 1.70. The van der Waals surface area contributed by atoms with Crippen LogP contribution in [0.25, 0.3) is 22.0 Å². The number of carbonyl (C=O) groups excluding carboxylic acids is 1. The molecule has 4 heterocycles. The van der Waals surface area contributed by atoms with Crippen molar-refractivity contribution in [2.45, 2.75) is 13.5 Å². The van der Waals surface area contributed by atoms with Gasteiger partial charge in [0.25, 0.3) is 5.91 Å². The first-order valence-electron chi connectivity index (χ1n) is 7.93. The number of carbonyl (C=O) groups is 1. The molecule has 4 aromatic heterocycles. The minimum Gasteiger partial charge on any atom is -0.343 e. The van der Waals surface area contributed by atoms with E-state index in [0.717, 1.165) is 16.5 Å². The van der Waals surface area contributed by atoms with Crippen LogP contribution in [-0.4, -0.2) is 31.0 Å². The number of hydrogen-bond acceptors (Lipinski definition) is 7. The highest BCUT2D eigenvalue weighted by Crippen LogP contribution is 2.27. The zero-order chi connectivity index (χ0) is 17.9. The van der Waals surface area contributed by atoms with Crippen LogP contribution in [0.3, 0.4) is 0 Å². The molecule has 0 atom stereocenters. The summed E-state index contributed by atoms with van der Waals surface area (Å²) in [6.07, 6.45) is 6.80. The van der Waals surface area contributed by atoms with Crippen molar-refractivity contribution in [3.63, 3.8) is 0 Å². The SMILES string of the molecule is Cc1nc(CNC(=O)c2cc(-c3ccncc3)c3cnccc3n2)no1. The van der Waals surface area contributed by atoms with Crippen molar-refractivity contribution < 1.29 is 9.32 Å². The van der Waals surface area contributed by atoms with Gasteiger partial charge in [-0.2, -0.15) is 4.98 Å². The largest absolute Gasteiger partial charge is 0.343 e. The molecule has 1 amide bonds. The summed E-state index contributed by atoms with van der Waals surface area (Å²) in [4.78, 5) is 29.3. The summed E-state index contributed by atoms with van der Waals surface area (Å²) in [6, 6.07) is 7.28. The fourth-order valence-electron chi connectivity index (χ4n) is 2.62. The lowest BCUT2D eigenvalue weighted by atomic mass is 10.0. The predicted octanol–water partition coefficient (Wildman–Crippen LogP) is 2.31. The lowest BCUT2D eigenvalue weighted by molar-refractivity contribution is 0.0945. The fraction of sp³-hybridized carbons (Fsp3) is 0.111. The minimum absolute atomic E-state index is 0.164. The quantitative estimate of drug-likeness (QED) is 0.604.